The predicted molar refractivity (Wildman–Crippen MR) is 88.8 cm³/mol. The smallest absolute Gasteiger partial charge is 0.0510 e. The van der Waals surface area contributed by atoms with E-state index in [9.17, 15) is 0 Å². The van der Waals surface area contributed by atoms with Crippen molar-refractivity contribution in [2.45, 2.75) is 46.7 Å². The number of nitrogens with one attached hydrogen (secondary N) is 1. The van der Waals surface area contributed by atoms with Gasteiger partial charge in [0.15, 0.2) is 0 Å². The van der Waals surface area contributed by atoms with Crippen molar-refractivity contribution in [3.8, 4) is 0 Å². The van der Waals surface area contributed by atoms with Gasteiger partial charge < -0.3 is 10.2 Å². The molecule has 0 aliphatic carbocycles. The van der Waals surface area contributed by atoms with Crippen molar-refractivity contribution in [2.75, 3.05) is 18.5 Å². The molecule has 0 amide bonds. The van der Waals surface area contributed by atoms with Crippen molar-refractivity contribution in [3.05, 3.63) is 28.2 Å². The van der Waals surface area contributed by atoms with E-state index in [0.29, 0.717) is 6.04 Å². The van der Waals surface area contributed by atoms with Crippen LogP contribution in [0.3, 0.4) is 0 Å². The summed E-state index contributed by atoms with van der Waals surface area (Å²) in [4.78, 5) is 2.36. The Labute approximate surface area is 126 Å². The van der Waals surface area contributed by atoms with E-state index >= 15 is 0 Å². The number of halogens is 1. The van der Waals surface area contributed by atoms with Gasteiger partial charge in [0.05, 0.1) is 5.69 Å². The molecule has 0 aliphatic heterocycles. The second-order valence-corrected chi connectivity index (χ2v) is 6.51. The van der Waals surface area contributed by atoms with Gasteiger partial charge in [-0.05, 0) is 59.4 Å². The van der Waals surface area contributed by atoms with Crippen LogP contribution >= 0.6 is 15.9 Å². The van der Waals surface area contributed by atoms with E-state index in [0.717, 1.165) is 19.0 Å². The van der Waals surface area contributed by atoms with Gasteiger partial charge in [-0.3, -0.25) is 0 Å². The van der Waals surface area contributed by atoms with Gasteiger partial charge >= 0.3 is 0 Å². The van der Waals surface area contributed by atoms with Gasteiger partial charge in [-0.1, -0.05) is 26.8 Å². The van der Waals surface area contributed by atoms with Crippen LogP contribution in [0.1, 0.15) is 39.7 Å². The number of anilines is 1. The van der Waals surface area contributed by atoms with Gasteiger partial charge in [0.25, 0.3) is 0 Å². The highest BCUT2D eigenvalue weighted by atomic mass is 79.9. The van der Waals surface area contributed by atoms with Crippen molar-refractivity contribution in [2.24, 2.45) is 5.92 Å². The van der Waals surface area contributed by atoms with E-state index in [1.54, 1.807) is 0 Å². The van der Waals surface area contributed by atoms with Crippen LogP contribution in [0, 0.1) is 5.92 Å². The first-order valence-electron chi connectivity index (χ1n) is 7.17. The molecule has 108 valence electrons. The van der Waals surface area contributed by atoms with E-state index in [1.807, 2.05) is 0 Å². The number of benzene rings is 1. The lowest BCUT2D eigenvalue weighted by molar-refractivity contribution is 0.504. The van der Waals surface area contributed by atoms with Crippen LogP contribution in [0.4, 0.5) is 5.69 Å². The van der Waals surface area contributed by atoms with E-state index in [1.165, 1.54) is 22.1 Å². The summed E-state index contributed by atoms with van der Waals surface area (Å²) in [5, 5.41) is 3.35. The molecule has 0 radical (unpaired) electrons. The minimum atomic E-state index is 0.552. The third kappa shape index (κ3) is 5.15. The van der Waals surface area contributed by atoms with E-state index < -0.39 is 0 Å². The molecule has 1 atom stereocenters. The van der Waals surface area contributed by atoms with Crippen LogP contribution in [0.15, 0.2) is 22.7 Å². The number of hydrogen-bond donors (Lipinski definition) is 1. The molecule has 0 spiro atoms. The number of nitrogens with zero attached hydrogens (tertiary/aromatic N) is 1. The first-order valence-corrected chi connectivity index (χ1v) is 7.97. The summed E-state index contributed by atoms with van der Waals surface area (Å²) in [7, 11) is 2.18. The topological polar surface area (TPSA) is 15.3 Å². The van der Waals surface area contributed by atoms with Gasteiger partial charge in [-0.15, -0.1) is 0 Å². The van der Waals surface area contributed by atoms with Crippen molar-refractivity contribution < 1.29 is 0 Å². The van der Waals surface area contributed by atoms with Gasteiger partial charge in [-0.25, -0.2) is 0 Å². The predicted octanol–water partition coefficient (Wildman–Crippen LogP) is 4.43. The third-order valence-corrected chi connectivity index (χ3v) is 4.08. The quantitative estimate of drug-likeness (QED) is 0.797. The first-order chi connectivity index (χ1) is 8.95. The summed E-state index contributed by atoms with van der Waals surface area (Å²) >= 11 is 3.70. The molecule has 1 N–H and O–H groups in total. The van der Waals surface area contributed by atoms with Crippen molar-refractivity contribution in [3.63, 3.8) is 0 Å². The molecule has 0 aliphatic rings. The molecule has 1 unspecified atom stereocenters. The lowest BCUT2D eigenvalue weighted by Crippen LogP contribution is -2.30. The standard InChI is InChI=1S/C16H27BrN2/c1-6-18-11-14-7-8-16(15(17)10-14)19(5)13(4)9-12(2)3/h7-8,10,12-13,18H,6,9,11H2,1-5H3. The fourth-order valence-electron chi connectivity index (χ4n) is 2.29. The molecular weight excluding hydrogens is 300 g/mol. The maximum Gasteiger partial charge on any atom is 0.0510 e. The van der Waals surface area contributed by atoms with Crippen LogP contribution in [0.5, 0.6) is 0 Å². The molecule has 3 heteroatoms. The highest BCUT2D eigenvalue weighted by molar-refractivity contribution is 9.10. The Hall–Kier alpha value is -0.540. The average molecular weight is 327 g/mol. The maximum absolute atomic E-state index is 3.70. The Morgan fingerprint density at radius 3 is 2.47 bits per heavy atom. The zero-order valence-electron chi connectivity index (χ0n) is 12.8. The summed E-state index contributed by atoms with van der Waals surface area (Å²) in [6.45, 7) is 10.9. The van der Waals surface area contributed by atoms with Crippen LogP contribution < -0.4 is 10.2 Å². The molecule has 1 rings (SSSR count). The Morgan fingerprint density at radius 2 is 1.95 bits per heavy atom. The van der Waals surface area contributed by atoms with Gasteiger partial charge in [0.1, 0.15) is 0 Å². The SMILES string of the molecule is CCNCc1ccc(N(C)C(C)CC(C)C)c(Br)c1. The molecule has 0 heterocycles. The monoisotopic (exact) mass is 326 g/mol. The molecule has 1 aromatic rings. The molecule has 0 aromatic heterocycles. The molecule has 0 saturated carbocycles. The fraction of sp³-hybridized carbons (Fsp3) is 0.625. The zero-order chi connectivity index (χ0) is 14.4. The normalized spacial score (nSPS) is 12.8. The largest absolute Gasteiger partial charge is 0.371 e. The zero-order valence-corrected chi connectivity index (χ0v) is 14.4. The van der Waals surface area contributed by atoms with Crippen LogP contribution in [0.25, 0.3) is 0 Å². The summed E-state index contributed by atoms with van der Waals surface area (Å²) in [6.07, 6.45) is 1.21. The average Bonchev–Trinajstić information content (AvgIpc) is 2.34. The summed E-state index contributed by atoms with van der Waals surface area (Å²) in [5.74, 6) is 0.726. The molecule has 1 aromatic carbocycles. The second kappa shape index (κ2) is 7.91. The van der Waals surface area contributed by atoms with Gasteiger partial charge in [0, 0.05) is 24.1 Å². The van der Waals surface area contributed by atoms with Gasteiger partial charge in [0.2, 0.25) is 0 Å². The molecule has 19 heavy (non-hydrogen) atoms. The van der Waals surface area contributed by atoms with Crippen LogP contribution in [-0.4, -0.2) is 19.6 Å². The molecule has 0 bridgehead atoms. The highest BCUT2D eigenvalue weighted by Gasteiger charge is 2.14. The lowest BCUT2D eigenvalue weighted by Gasteiger charge is -2.29. The highest BCUT2D eigenvalue weighted by Crippen LogP contribution is 2.29. The Kier molecular flexibility index (Phi) is 6.87. The minimum Gasteiger partial charge on any atom is -0.371 e. The van der Waals surface area contributed by atoms with E-state index in [2.05, 4.69) is 79.1 Å². The third-order valence-electron chi connectivity index (χ3n) is 3.44. The van der Waals surface area contributed by atoms with Crippen molar-refractivity contribution >= 4 is 21.6 Å². The van der Waals surface area contributed by atoms with Crippen molar-refractivity contribution in [1.29, 1.82) is 0 Å². The summed E-state index contributed by atoms with van der Waals surface area (Å²) in [5.41, 5.74) is 2.59. The lowest BCUT2D eigenvalue weighted by atomic mass is 10.0. The van der Waals surface area contributed by atoms with E-state index in [4.69, 9.17) is 0 Å². The summed E-state index contributed by atoms with van der Waals surface area (Å²) in [6, 6.07) is 7.20. The van der Waals surface area contributed by atoms with Crippen LogP contribution in [0.2, 0.25) is 0 Å². The Morgan fingerprint density at radius 1 is 1.26 bits per heavy atom. The minimum absolute atomic E-state index is 0.552. The van der Waals surface area contributed by atoms with Crippen LogP contribution in [-0.2, 0) is 6.54 Å². The molecule has 0 saturated heterocycles. The number of hydrogen-bond acceptors (Lipinski definition) is 2. The first kappa shape index (κ1) is 16.5. The Bertz CT molecular complexity index is 390. The van der Waals surface area contributed by atoms with Gasteiger partial charge in [-0.2, -0.15) is 0 Å². The maximum atomic E-state index is 3.70. The molecular formula is C16H27BrN2. The number of rotatable bonds is 7. The summed E-state index contributed by atoms with van der Waals surface area (Å²) < 4.78 is 1.18. The van der Waals surface area contributed by atoms with Crippen molar-refractivity contribution in [1.82, 2.24) is 5.32 Å². The fourth-order valence-corrected chi connectivity index (χ4v) is 3.00. The second-order valence-electron chi connectivity index (χ2n) is 5.66. The Balaban J connectivity index is 2.77. The van der Waals surface area contributed by atoms with E-state index in [-0.39, 0.29) is 0 Å². The molecule has 0 fully saturated rings. The molecule has 2 nitrogen and oxygen atoms in total.